The highest BCUT2D eigenvalue weighted by molar-refractivity contribution is 5.37. The van der Waals surface area contributed by atoms with Crippen molar-refractivity contribution in [1.82, 2.24) is 0 Å². The smallest absolute Gasteiger partial charge is 0.122 e. The van der Waals surface area contributed by atoms with E-state index in [0.717, 1.165) is 44.6 Å². The second-order valence-electron chi connectivity index (χ2n) is 6.11. The average molecular weight is 291 g/mol. The molecular weight excluding hydrogens is 262 g/mol. The molecule has 1 fully saturated rings. The van der Waals surface area contributed by atoms with Gasteiger partial charge in [-0.1, -0.05) is 24.6 Å². The minimum absolute atomic E-state index is 0.209. The first-order valence-corrected chi connectivity index (χ1v) is 8.28. The lowest BCUT2D eigenvalue weighted by Crippen LogP contribution is -2.22. The summed E-state index contributed by atoms with van der Waals surface area (Å²) >= 11 is 0. The van der Waals surface area contributed by atoms with Gasteiger partial charge in [-0.2, -0.15) is 0 Å². The van der Waals surface area contributed by atoms with Crippen molar-refractivity contribution in [3.8, 4) is 5.75 Å². The van der Waals surface area contributed by atoms with Crippen molar-refractivity contribution in [1.29, 1.82) is 0 Å². The van der Waals surface area contributed by atoms with E-state index in [1.165, 1.54) is 24.0 Å². The summed E-state index contributed by atoms with van der Waals surface area (Å²) in [6.07, 6.45) is 6.92. The lowest BCUT2D eigenvalue weighted by atomic mass is 10.0. The van der Waals surface area contributed by atoms with E-state index >= 15 is 0 Å². The summed E-state index contributed by atoms with van der Waals surface area (Å²) in [7, 11) is 0. The van der Waals surface area contributed by atoms with E-state index in [1.54, 1.807) is 0 Å². The van der Waals surface area contributed by atoms with Crippen molar-refractivity contribution in [2.75, 3.05) is 13.2 Å². The Kier molecular flexibility index (Phi) is 6.52. The van der Waals surface area contributed by atoms with Crippen LogP contribution in [-0.2, 0) is 11.2 Å². The molecule has 3 heteroatoms. The predicted molar refractivity (Wildman–Crippen MR) is 86.9 cm³/mol. The molecular formula is C18H29NO2. The fourth-order valence-corrected chi connectivity index (χ4v) is 2.80. The van der Waals surface area contributed by atoms with Gasteiger partial charge in [0.1, 0.15) is 5.75 Å². The molecule has 2 atom stereocenters. The summed E-state index contributed by atoms with van der Waals surface area (Å²) in [5.74, 6) is 0.997. The number of hydrogen-bond donors (Lipinski definition) is 1. The maximum Gasteiger partial charge on any atom is 0.122 e. The number of aryl methyl sites for hydroxylation is 1. The minimum atomic E-state index is 0.209. The molecule has 3 nitrogen and oxygen atoms in total. The normalized spacial score (nSPS) is 19.7. The third-order valence-electron chi connectivity index (χ3n) is 4.17. The molecule has 0 bridgehead atoms. The summed E-state index contributed by atoms with van der Waals surface area (Å²) in [6.45, 7) is 5.94. The molecule has 1 aromatic carbocycles. The molecule has 0 aromatic heterocycles. The molecule has 1 aliphatic rings. The lowest BCUT2D eigenvalue weighted by molar-refractivity contribution is 0.0981. The van der Waals surface area contributed by atoms with Gasteiger partial charge in [-0.05, 0) is 57.1 Å². The molecule has 2 rings (SSSR count). The van der Waals surface area contributed by atoms with Gasteiger partial charge in [-0.3, -0.25) is 0 Å². The van der Waals surface area contributed by atoms with Crippen LogP contribution in [0.25, 0.3) is 0 Å². The van der Waals surface area contributed by atoms with Crippen LogP contribution in [-0.4, -0.2) is 25.4 Å². The Morgan fingerprint density at radius 3 is 3.00 bits per heavy atom. The van der Waals surface area contributed by atoms with Crippen LogP contribution in [0.2, 0.25) is 0 Å². The van der Waals surface area contributed by atoms with E-state index in [1.807, 2.05) is 0 Å². The Labute approximate surface area is 128 Å². The molecule has 2 unspecified atom stereocenters. The molecule has 0 spiro atoms. The number of benzene rings is 1. The maximum absolute atomic E-state index is 6.09. The number of rotatable bonds is 8. The first-order valence-electron chi connectivity index (χ1n) is 8.28. The molecule has 21 heavy (non-hydrogen) atoms. The van der Waals surface area contributed by atoms with Crippen molar-refractivity contribution >= 4 is 0 Å². The van der Waals surface area contributed by atoms with Crippen LogP contribution in [0.4, 0.5) is 0 Å². The van der Waals surface area contributed by atoms with Crippen LogP contribution in [0.15, 0.2) is 18.2 Å². The second-order valence-corrected chi connectivity index (χ2v) is 6.11. The SMILES string of the molecule is CCC(N)Cc1cc(C)ccc1OCCCC1CCCO1. The molecule has 118 valence electrons. The van der Waals surface area contributed by atoms with Crippen LogP contribution in [0.1, 0.15) is 50.2 Å². The molecule has 0 aliphatic carbocycles. The number of hydrogen-bond acceptors (Lipinski definition) is 3. The number of nitrogens with two attached hydrogens (primary N) is 1. The first-order chi connectivity index (χ1) is 10.2. The van der Waals surface area contributed by atoms with E-state index < -0.39 is 0 Å². The van der Waals surface area contributed by atoms with Crippen molar-refractivity contribution in [3.05, 3.63) is 29.3 Å². The Bertz CT molecular complexity index is 427. The van der Waals surface area contributed by atoms with Gasteiger partial charge >= 0.3 is 0 Å². The molecule has 1 heterocycles. The summed E-state index contributed by atoms with van der Waals surface area (Å²) in [4.78, 5) is 0. The number of ether oxygens (including phenoxy) is 2. The highest BCUT2D eigenvalue weighted by atomic mass is 16.5. The van der Waals surface area contributed by atoms with Crippen molar-refractivity contribution < 1.29 is 9.47 Å². The molecule has 0 amide bonds. The van der Waals surface area contributed by atoms with Crippen molar-refractivity contribution in [2.24, 2.45) is 5.73 Å². The molecule has 1 saturated heterocycles. The monoisotopic (exact) mass is 291 g/mol. The molecule has 1 aliphatic heterocycles. The van der Waals surface area contributed by atoms with Gasteiger partial charge < -0.3 is 15.2 Å². The zero-order valence-electron chi connectivity index (χ0n) is 13.4. The summed E-state index contributed by atoms with van der Waals surface area (Å²) in [5.41, 5.74) is 8.59. The van der Waals surface area contributed by atoms with E-state index in [-0.39, 0.29) is 6.04 Å². The standard InChI is InChI=1S/C18H29NO2/c1-3-16(19)13-15-12-14(2)8-9-18(15)21-11-5-7-17-6-4-10-20-17/h8-9,12,16-17H,3-7,10-11,13,19H2,1-2H3. The van der Waals surface area contributed by atoms with Crippen molar-refractivity contribution in [2.45, 2.75) is 64.5 Å². The molecule has 1 aromatic rings. The van der Waals surface area contributed by atoms with Gasteiger partial charge in [0.2, 0.25) is 0 Å². The fourth-order valence-electron chi connectivity index (χ4n) is 2.80. The Morgan fingerprint density at radius 1 is 1.43 bits per heavy atom. The summed E-state index contributed by atoms with van der Waals surface area (Å²) in [5, 5.41) is 0. The fraction of sp³-hybridized carbons (Fsp3) is 0.667. The van der Waals surface area contributed by atoms with Gasteiger partial charge in [0.25, 0.3) is 0 Å². The quantitative estimate of drug-likeness (QED) is 0.744. The van der Waals surface area contributed by atoms with Crippen LogP contribution < -0.4 is 10.5 Å². The highest BCUT2D eigenvalue weighted by Crippen LogP contribution is 2.23. The average Bonchev–Trinajstić information content (AvgIpc) is 2.98. The zero-order valence-corrected chi connectivity index (χ0v) is 13.4. The van der Waals surface area contributed by atoms with E-state index in [0.29, 0.717) is 6.10 Å². The third-order valence-corrected chi connectivity index (χ3v) is 4.17. The third kappa shape index (κ3) is 5.33. The van der Waals surface area contributed by atoms with Gasteiger partial charge in [-0.15, -0.1) is 0 Å². The minimum Gasteiger partial charge on any atom is -0.493 e. The van der Waals surface area contributed by atoms with E-state index in [9.17, 15) is 0 Å². The Morgan fingerprint density at radius 2 is 2.29 bits per heavy atom. The van der Waals surface area contributed by atoms with Crippen molar-refractivity contribution in [3.63, 3.8) is 0 Å². The van der Waals surface area contributed by atoms with Crippen LogP contribution in [0, 0.1) is 6.92 Å². The topological polar surface area (TPSA) is 44.5 Å². The first kappa shape index (κ1) is 16.3. The molecule has 0 saturated carbocycles. The molecule has 0 radical (unpaired) electrons. The van der Waals surface area contributed by atoms with Crippen LogP contribution >= 0.6 is 0 Å². The summed E-state index contributed by atoms with van der Waals surface area (Å²) in [6, 6.07) is 6.60. The van der Waals surface area contributed by atoms with Gasteiger partial charge in [0.05, 0.1) is 12.7 Å². The Hall–Kier alpha value is -1.06. The highest BCUT2D eigenvalue weighted by Gasteiger charge is 2.15. The maximum atomic E-state index is 6.09. The predicted octanol–water partition coefficient (Wildman–Crippen LogP) is 3.61. The van der Waals surface area contributed by atoms with E-state index in [2.05, 4.69) is 32.0 Å². The van der Waals surface area contributed by atoms with Crippen LogP contribution in [0.5, 0.6) is 5.75 Å². The van der Waals surface area contributed by atoms with E-state index in [4.69, 9.17) is 15.2 Å². The Balaban J connectivity index is 1.83. The largest absolute Gasteiger partial charge is 0.493 e. The second kappa shape index (κ2) is 8.40. The van der Waals surface area contributed by atoms with Gasteiger partial charge in [0, 0.05) is 12.6 Å². The molecule has 2 N–H and O–H groups in total. The lowest BCUT2D eigenvalue weighted by Gasteiger charge is -2.16. The van der Waals surface area contributed by atoms with Gasteiger partial charge in [-0.25, -0.2) is 0 Å². The van der Waals surface area contributed by atoms with Crippen LogP contribution in [0.3, 0.4) is 0 Å². The zero-order chi connectivity index (χ0) is 15.1. The summed E-state index contributed by atoms with van der Waals surface area (Å²) < 4.78 is 11.6. The van der Waals surface area contributed by atoms with Gasteiger partial charge in [0.15, 0.2) is 0 Å².